The summed E-state index contributed by atoms with van der Waals surface area (Å²) in [6, 6.07) is 14.3. The van der Waals surface area contributed by atoms with E-state index in [-0.39, 0.29) is 36.2 Å². The van der Waals surface area contributed by atoms with Gasteiger partial charge in [0.2, 0.25) is 5.91 Å². The van der Waals surface area contributed by atoms with Crippen LogP contribution >= 0.6 is 0 Å². The molecule has 3 heterocycles. The molecule has 1 unspecified atom stereocenters. The second kappa shape index (κ2) is 10.1. The largest absolute Gasteiger partial charge is 0.497 e. The molecule has 2 aromatic carbocycles. The Morgan fingerprint density at radius 1 is 1.11 bits per heavy atom. The third kappa shape index (κ3) is 4.57. The number of hydrogen-bond acceptors (Lipinski definition) is 7. The molecule has 3 aromatic rings. The minimum Gasteiger partial charge on any atom is -0.497 e. The lowest BCUT2D eigenvalue weighted by Gasteiger charge is -2.36. The molecule has 0 N–H and O–H groups in total. The Hall–Kier alpha value is -4.14. The van der Waals surface area contributed by atoms with Gasteiger partial charge in [-0.3, -0.25) is 19.3 Å². The molecule has 1 atom stereocenters. The Labute approximate surface area is 215 Å². The zero-order valence-corrected chi connectivity index (χ0v) is 21.2. The Morgan fingerprint density at radius 3 is 2.49 bits per heavy atom. The van der Waals surface area contributed by atoms with Crippen LogP contribution in [0.1, 0.15) is 57.8 Å². The summed E-state index contributed by atoms with van der Waals surface area (Å²) in [7, 11) is 3.39. The quantitative estimate of drug-likeness (QED) is 0.452. The standard InChI is InChI=1S/C28H30N4O5/c1-18(23-13-16-37-29-23)30(2)26(33)20-11-14-31(15-12-20)24-6-4-5-22-25(24)28(35)32(27(22)34)17-19-7-9-21(36-3)10-8-19/h4-10,13,16,18,20H,11-12,14-15,17H2,1-3H3. The van der Waals surface area contributed by atoms with Gasteiger partial charge in [0, 0.05) is 32.1 Å². The number of nitrogens with zero attached hydrogens (tertiary/aromatic N) is 4. The molecule has 3 amide bonds. The highest BCUT2D eigenvalue weighted by atomic mass is 16.5. The first-order chi connectivity index (χ1) is 17.9. The fourth-order valence-electron chi connectivity index (χ4n) is 5.12. The monoisotopic (exact) mass is 502 g/mol. The van der Waals surface area contributed by atoms with Gasteiger partial charge in [0.1, 0.15) is 17.7 Å². The molecule has 5 rings (SSSR count). The van der Waals surface area contributed by atoms with Gasteiger partial charge < -0.3 is 19.1 Å². The lowest BCUT2D eigenvalue weighted by molar-refractivity contribution is -0.136. The summed E-state index contributed by atoms with van der Waals surface area (Å²) in [6.45, 7) is 3.37. The lowest BCUT2D eigenvalue weighted by Crippen LogP contribution is -2.42. The molecule has 37 heavy (non-hydrogen) atoms. The number of imide groups is 1. The van der Waals surface area contributed by atoms with Gasteiger partial charge in [-0.2, -0.15) is 0 Å². The average Bonchev–Trinajstić information content (AvgIpc) is 3.56. The van der Waals surface area contributed by atoms with Gasteiger partial charge in [0.25, 0.3) is 11.8 Å². The number of methoxy groups -OCH3 is 1. The molecule has 0 spiro atoms. The summed E-state index contributed by atoms with van der Waals surface area (Å²) >= 11 is 0. The van der Waals surface area contributed by atoms with Crippen LogP contribution in [0, 0.1) is 5.92 Å². The summed E-state index contributed by atoms with van der Waals surface area (Å²) in [5.41, 5.74) is 3.19. The van der Waals surface area contributed by atoms with Crippen molar-refractivity contribution in [3.63, 3.8) is 0 Å². The summed E-state index contributed by atoms with van der Waals surface area (Å²) in [5.74, 6) is 0.104. The van der Waals surface area contributed by atoms with E-state index in [0.717, 1.165) is 16.9 Å². The summed E-state index contributed by atoms with van der Waals surface area (Å²) in [5, 5.41) is 3.96. The second-order valence-corrected chi connectivity index (χ2v) is 9.55. The van der Waals surface area contributed by atoms with Crippen molar-refractivity contribution in [2.75, 3.05) is 32.1 Å². The van der Waals surface area contributed by atoms with Gasteiger partial charge >= 0.3 is 0 Å². The van der Waals surface area contributed by atoms with Crippen LogP contribution in [0.15, 0.2) is 59.3 Å². The fourth-order valence-corrected chi connectivity index (χ4v) is 5.12. The van der Waals surface area contributed by atoms with E-state index in [2.05, 4.69) is 10.1 Å². The van der Waals surface area contributed by atoms with Crippen LogP contribution < -0.4 is 9.64 Å². The van der Waals surface area contributed by atoms with Crippen molar-refractivity contribution in [3.8, 4) is 5.75 Å². The van der Waals surface area contributed by atoms with Crippen LogP contribution in [-0.4, -0.2) is 59.9 Å². The number of fused-ring (bicyclic) bond motifs is 1. The van der Waals surface area contributed by atoms with Crippen molar-refractivity contribution >= 4 is 23.4 Å². The number of rotatable bonds is 7. The molecule has 0 radical (unpaired) electrons. The van der Waals surface area contributed by atoms with Gasteiger partial charge in [0.05, 0.1) is 36.5 Å². The van der Waals surface area contributed by atoms with E-state index in [1.165, 1.54) is 11.2 Å². The van der Waals surface area contributed by atoms with E-state index in [9.17, 15) is 14.4 Å². The third-order valence-corrected chi connectivity index (χ3v) is 7.48. The highest BCUT2D eigenvalue weighted by Gasteiger charge is 2.39. The van der Waals surface area contributed by atoms with Crippen molar-refractivity contribution in [3.05, 3.63) is 77.2 Å². The number of carbonyl (C=O) groups excluding carboxylic acids is 3. The average molecular weight is 503 g/mol. The summed E-state index contributed by atoms with van der Waals surface area (Å²) < 4.78 is 10.1. The molecule has 192 valence electrons. The van der Waals surface area contributed by atoms with Gasteiger partial charge in [0.15, 0.2) is 0 Å². The van der Waals surface area contributed by atoms with E-state index < -0.39 is 0 Å². The van der Waals surface area contributed by atoms with Gasteiger partial charge in [-0.25, -0.2) is 0 Å². The number of hydrogen-bond donors (Lipinski definition) is 0. The number of piperidine rings is 1. The first-order valence-corrected chi connectivity index (χ1v) is 12.4. The Morgan fingerprint density at radius 2 is 1.84 bits per heavy atom. The number of aromatic nitrogens is 1. The second-order valence-electron chi connectivity index (χ2n) is 9.55. The predicted molar refractivity (Wildman–Crippen MR) is 136 cm³/mol. The Kier molecular flexibility index (Phi) is 6.69. The molecular weight excluding hydrogens is 472 g/mol. The molecule has 2 aliphatic rings. The van der Waals surface area contributed by atoms with Crippen molar-refractivity contribution in [1.29, 1.82) is 0 Å². The van der Waals surface area contributed by atoms with Crippen LogP contribution in [0.25, 0.3) is 0 Å². The zero-order valence-electron chi connectivity index (χ0n) is 21.2. The SMILES string of the molecule is COc1ccc(CN2C(=O)c3cccc(N4CCC(C(=O)N(C)C(C)c5ccon5)CC4)c3C2=O)cc1. The van der Waals surface area contributed by atoms with E-state index >= 15 is 0 Å². The maximum Gasteiger partial charge on any atom is 0.263 e. The number of anilines is 1. The molecule has 2 aliphatic heterocycles. The van der Waals surface area contributed by atoms with E-state index in [1.807, 2.05) is 43.3 Å². The molecule has 1 saturated heterocycles. The number of amides is 3. The predicted octanol–water partition coefficient (Wildman–Crippen LogP) is 3.92. The summed E-state index contributed by atoms with van der Waals surface area (Å²) in [6.07, 6.45) is 2.83. The van der Waals surface area contributed by atoms with Crippen LogP contribution in [-0.2, 0) is 11.3 Å². The fraction of sp³-hybridized carbons (Fsp3) is 0.357. The Bertz CT molecular complexity index is 1300. The molecular formula is C28H30N4O5. The van der Waals surface area contributed by atoms with Crippen LogP contribution in [0.2, 0.25) is 0 Å². The first kappa shape index (κ1) is 24.5. The van der Waals surface area contributed by atoms with Crippen molar-refractivity contribution in [2.24, 2.45) is 5.92 Å². The molecule has 0 bridgehead atoms. The molecule has 1 fully saturated rings. The number of ether oxygens (including phenoxy) is 1. The van der Waals surface area contributed by atoms with E-state index in [1.54, 1.807) is 31.2 Å². The minimum absolute atomic E-state index is 0.0744. The minimum atomic E-state index is -0.286. The molecule has 1 aromatic heterocycles. The van der Waals surface area contributed by atoms with Crippen molar-refractivity contribution in [2.45, 2.75) is 32.4 Å². The Balaban J connectivity index is 1.27. The van der Waals surface area contributed by atoms with E-state index in [0.29, 0.717) is 42.8 Å². The molecule has 0 aliphatic carbocycles. The molecule has 0 saturated carbocycles. The highest BCUT2D eigenvalue weighted by Crippen LogP contribution is 2.35. The van der Waals surface area contributed by atoms with E-state index in [4.69, 9.17) is 9.26 Å². The maximum absolute atomic E-state index is 13.4. The van der Waals surface area contributed by atoms with Crippen molar-refractivity contribution in [1.82, 2.24) is 15.0 Å². The normalized spacial score (nSPS) is 16.6. The highest BCUT2D eigenvalue weighted by molar-refractivity contribution is 6.23. The van der Waals surface area contributed by atoms with Gasteiger partial charge in [-0.15, -0.1) is 0 Å². The number of benzene rings is 2. The van der Waals surface area contributed by atoms with Crippen molar-refractivity contribution < 1.29 is 23.6 Å². The smallest absolute Gasteiger partial charge is 0.263 e. The molecule has 9 nitrogen and oxygen atoms in total. The lowest BCUT2D eigenvalue weighted by atomic mass is 9.93. The van der Waals surface area contributed by atoms with Crippen LogP contribution in [0.3, 0.4) is 0 Å². The third-order valence-electron chi connectivity index (χ3n) is 7.48. The maximum atomic E-state index is 13.4. The van der Waals surface area contributed by atoms with Crippen LogP contribution in [0.4, 0.5) is 5.69 Å². The molecule has 9 heteroatoms. The van der Waals surface area contributed by atoms with Gasteiger partial charge in [-0.05, 0) is 49.6 Å². The topological polar surface area (TPSA) is 96.2 Å². The zero-order chi connectivity index (χ0) is 26.1. The number of carbonyl (C=O) groups is 3. The summed E-state index contributed by atoms with van der Waals surface area (Å²) in [4.78, 5) is 44.9. The van der Waals surface area contributed by atoms with Gasteiger partial charge in [-0.1, -0.05) is 23.4 Å². The van der Waals surface area contributed by atoms with Crippen LogP contribution in [0.5, 0.6) is 5.75 Å². The first-order valence-electron chi connectivity index (χ1n) is 12.4.